The van der Waals surface area contributed by atoms with Gasteiger partial charge >= 0.3 is 5.97 Å². The molecule has 0 radical (unpaired) electrons. The van der Waals surface area contributed by atoms with Gasteiger partial charge in [0.25, 0.3) is 0 Å². The fraction of sp³-hybridized carbons (Fsp3) is 0.667. The lowest BCUT2D eigenvalue weighted by atomic mass is 10.2. The maximum absolute atomic E-state index is 11.6. The molecule has 5 nitrogen and oxygen atoms in total. The molecule has 0 fully saturated rings. The van der Waals surface area contributed by atoms with Crippen molar-refractivity contribution < 1.29 is 18.3 Å². The van der Waals surface area contributed by atoms with E-state index < -0.39 is 15.8 Å². The van der Waals surface area contributed by atoms with Gasteiger partial charge in [0.15, 0.2) is 9.84 Å². The van der Waals surface area contributed by atoms with Gasteiger partial charge in [-0.2, -0.15) is 0 Å². The summed E-state index contributed by atoms with van der Waals surface area (Å²) in [5.74, 6) is -0.795. The molecule has 0 unspecified atom stereocenters. The highest BCUT2D eigenvalue weighted by Crippen LogP contribution is 2.23. The average Bonchev–Trinajstić information content (AvgIpc) is 2.68. The molecule has 1 aromatic heterocycles. The van der Waals surface area contributed by atoms with E-state index in [4.69, 9.17) is 5.11 Å². The van der Waals surface area contributed by atoms with Crippen LogP contribution in [0.4, 0.5) is 0 Å². The Hall–Kier alpha value is -0.950. The molecule has 0 spiro atoms. The number of carbonyl (C=O) groups is 1. The van der Waals surface area contributed by atoms with Crippen molar-refractivity contribution in [2.45, 2.75) is 45.3 Å². The second-order valence-corrected chi connectivity index (χ2v) is 7.82. The summed E-state index contributed by atoms with van der Waals surface area (Å²) < 4.78 is 23.2. The SMILES string of the molecule is CCCc1nc(CS(=O)(=O)CC)sc1CCC(=O)O. The summed E-state index contributed by atoms with van der Waals surface area (Å²) >= 11 is 1.33. The highest BCUT2D eigenvalue weighted by Gasteiger charge is 2.16. The smallest absolute Gasteiger partial charge is 0.303 e. The molecule has 7 heteroatoms. The molecule has 0 aliphatic rings. The zero-order valence-corrected chi connectivity index (χ0v) is 12.8. The van der Waals surface area contributed by atoms with E-state index >= 15 is 0 Å². The third-order valence-corrected chi connectivity index (χ3v) is 5.59. The van der Waals surface area contributed by atoms with Crippen molar-refractivity contribution in [3.63, 3.8) is 0 Å². The van der Waals surface area contributed by atoms with Gasteiger partial charge in [-0.15, -0.1) is 11.3 Å². The van der Waals surface area contributed by atoms with Crippen LogP contribution in [0.15, 0.2) is 0 Å². The molecule has 0 saturated heterocycles. The van der Waals surface area contributed by atoms with Crippen LogP contribution in [0.1, 0.15) is 42.3 Å². The van der Waals surface area contributed by atoms with E-state index in [0.717, 1.165) is 23.4 Å². The van der Waals surface area contributed by atoms with E-state index in [-0.39, 0.29) is 17.9 Å². The van der Waals surface area contributed by atoms with Gasteiger partial charge in [0.1, 0.15) is 10.8 Å². The van der Waals surface area contributed by atoms with Crippen LogP contribution >= 0.6 is 11.3 Å². The zero-order chi connectivity index (χ0) is 14.5. The maximum Gasteiger partial charge on any atom is 0.303 e. The largest absolute Gasteiger partial charge is 0.481 e. The molecule has 1 heterocycles. The predicted molar refractivity (Wildman–Crippen MR) is 75.2 cm³/mol. The number of nitrogens with zero attached hydrogens (tertiary/aromatic N) is 1. The molecular weight excluding hydrogens is 286 g/mol. The second-order valence-electron chi connectivity index (χ2n) is 4.30. The molecule has 0 saturated carbocycles. The summed E-state index contributed by atoms with van der Waals surface area (Å²) in [7, 11) is -3.09. The Morgan fingerprint density at radius 2 is 2.00 bits per heavy atom. The fourth-order valence-electron chi connectivity index (χ4n) is 1.64. The van der Waals surface area contributed by atoms with Crippen molar-refractivity contribution in [2.75, 3.05) is 5.75 Å². The lowest BCUT2D eigenvalue weighted by Crippen LogP contribution is -2.06. The van der Waals surface area contributed by atoms with Crippen LogP contribution in [0.25, 0.3) is 0 Å². The van der Waals surface area contributed by atoms with Gasteiger partial charge in [0.2, 0.25) is 0 Å². The average molecular weight is 305 g/mol. The van der Waals surface area contributed by atoms with Crippen molar-refractivity contribution in [3.05, 3.63) is 15.6 Å². The van der Waals surface area contributed by atoms with E-state index in [1.54, 1.807) is 6.92 Å². The Balaban J connectivity index is 2.90. The van der Waals surface area contributed by atoms with Crippen LogP contribution in [0.3, 0.4) is 0 Å². The third kappa shape index (κ3) is 5.28. The molecule has 1 N–H and O–H groups in total. The monoisotopic (exact) mass is 305 g/mol. The molecule has 0 bridgehead atoms. The van der Waals surface area contributed by atoms with Crippen molar-refractivity contribution in [1.82, 2.24) is 4.98 Å². The second kappa shape index (κ2) is 7.00. The van der Waals surface area contributed by atoms with Crippen LogP contribution in [0, 0.1) is 0 Å². The number of thiazole rings is 1. The molecule has 0 aromatic carbocycles. The Morgan fingerprint density at radius 1 is 1.32 bits per heavy atom. The topological polar surface area (TPSA) is 84.3 Å². The summed E-state index contributed by atoms with van der Waals surface area (Å²) in [6.07, 6.45) is 2.15. The van der Waals surface area contributed by atoms with Gasteiger partial charge in [0.05, 0.1) is 12.1 Å². The van der Waals surface area contributed by atoms with Crippen LogP contribution in [0.2, 0.25) is 0 Å². The first-order valence-electron chi connectivity index (χ1n) is 6.27. The Bertz CT molecular complexity index is 534. The van der Waals surface area contributed by atoms with E-state index in [2.05, 4.69) is 4.98 Å². The molecule has 19 heavy (non-hydrogen) atoms. The molecule has 0 aliphatic carbocycles. The first-order valence-corrected chi connectivity index (χ1v) is 8.91. The van der Waals surface area contributed by atoms with Gasteiger partial charge in [-0.05, 0) is 12.8 Å². The molecule has 108 valence electrons. The summed E-state index contributed by atoms with van der Waals surface area (Å²) in [5.41, 5.74) is 0.857. The molecule has 1 aromatic rings. The summed E-state index contributed by atoms with van der Waals surface area (Å²) in [4.78, 5) is 15.9. The molecular formula is C12H19NO4S2. The van der Waals surface area contributed by atoms with Crippen molar-refractivity contribution in [3.8, 4) is 0 Å². The van der Waals surface area contributed by atoms with Gasteiger partial charge in [0, 0.05) is 10.6 Å². The number of aryl methyl sites for hydroxylation is 2. The van der Waals surface area contributed by atoms with Gasteiger partial charge in [-0.3, -0.25) is 4.79 Å². The lowest BCUT2D eigenvalue weighted by molar-refractivity contribution is -0.136. The first-order chi connectivity index (χ1) is 8.88. The zero-order valence-electron chi connectivity index (χ0n) is 11.2. The highest BCUT2D eigenvalue weighted by atomic mass is 32.2. The quantitative estimate of drug-likeness (QED) is 0.794. The standard InChI is InChI=1S/C12H19NO4S2/c1-3-5-9-10(6-7-12(14)15)18-11(13-9)8-19(16,17)4-2/h3-8H2,1-2H3,(H,14,15). The van der Waals surface area contributed by atoms with Crippen LogP contribution in [-0.2, 0) is 33.2 Å². The number of hydrogen-bond acceptors (Lipinski definition) is 5. The van der Waals surface area contributed by atoms with Gasteiger partial charge < -0.3 is 5.11 Å². The number of aliphatic carboxylic acids is 1. The highest BCUT2D eigenvalue weighted by molar-refractivity contribution is 7.90. The first kappa shape index (κ1) is 16.1. The molecule has 0 aliphatic heterocycles. The minimum absolute atomic E-state index is 0.0437. The number of carboxylic acids is 1. The number of aromatic nitrogens is 1. The number of carboxylic acid groups (broad SMARTS) is 1. The van der Waals surface area contributed by atoms with E-state index in [9.17, 15) is 13.2 Å². The third-order valence-electron chi connectivity index (χ3n) is 2.66. The minimum Gasteiger partial charge on any atom is -0.481 e. The van der Waals surface area contributed by atoms with Crippen molar-refractivity contribution >= 4 is 27.1 Å². The fourth-order valence-corrected chi connectivity index (χ4v) is 3.97. The van der Waals surface area contributed by atoms with Gasteiger partial charge in [-0.25, -0.2) is 13.4 Å². The molecule has 0 amide bonds. The number of hydrogen-bond donors (Lipinski definition) is 1. The van der Waals surface area contributed by atoms with Crippen LogP contribution < -0.4 is 0 Å². The van der Waals surface area contributed by atoms with Crippen molar-refractivity contribution in [2.24, 2.45) is 0 Å². The van der Waals surface area contributed by atoms with Gasteiger partial charge in [-0.1, -0.05) is 20.3 Å². The van der Waals surface area contributed by atoms with Crippen LogP contribution in [-0.4, -0.2) is 30.2 Å². The van der Waals surface area contributed by atoms with E-state index in [0.29, 0.717) is 11.4 Å². The number of sulfone groups is 1. The minimum atomic E-state index is -3.09. The molecule has 0 atom stereocenters. The predicted octanol–water partition coefficient (Wildman–Crippen LogP) is 2.05. The van der Waals surface area contributed by atoms with Crippen molar-refractivity contribution in [1.29, 1.82) is 0 Å². The summed E-state index contributed by atoms with van der Waals surface area (Å²) in [6.45, 7) is 3.63. The van der Waals surface area contributed by atoms with E-state index in [1.807, 2.05) is 6.92 Å². The summed E-state index contributed by atoms with van der Waals surface area (Å²) in [6, 6.07) is 0. The Labute approximate surface area is 117 Å². The lowest BCUT2D eigenvalue weighted by Gasteiger charge is -1.97. The molecule has 1 rings (SSSR count). The Kier molecular flexibility index (Phi) is 5.93. The number of rotatable bonds is 8. The Morgan fingerprint density at radius 3 is 2.53 bits per heavy atom. The normalized spacial score (nSPS) is 11.7. The van der Waals surface area contributed by atoms with E-state index in [1.165, 1.54) is 11.3 Å². The maximum atomic E-state index is 11.6. The van der Waals surface area contributed by atoms with Crippen LogP contribution in [0.5, 0.6) is 0 Å². The summed E-state index contributed by atoms with van der Waals surface area (Å²) in [5, 5.41) is 9.29.